The van der Waals surface area contributed by atoms with Gasteiger partial charge in [-0.05, 0) is 37.5 Å². The molecule has 0 spiro atoms. The number of benzene rings is 1. The molecule has 1 aliphatic rings. The molecule has 2 aromatic rings. The molecule has 0 radical (unpaired) electrons. The number of thioether (sulfide) groups is 1. The summed E-state index contributed by atoms with van der Waals surface area (Å²) in [6.45, 7) is 2.45. The van der Waals surface area contributed by atoms with Crippen molar-refractivity contribution in [2.75, 3.05) is 12.3 Å². The van der Waals surface area contributed by atoms with Crippen molar-refractivity contribution in [1.29, 1.82) is 0 Å². The van der Waals surface area contributed by atoms with Gasteiger partial charge in [0.15, 0.2) is 4.34 Å². The van der Waals surface area contributed by atoms with Crippen LogP contribution in [0.1, 0.15) is 51.9 Å². The van der Waals surface area contributed by atoms with E-state index in [1.807, 2.05) is 0 Å². The number of amides is 1. The van der Waals surface area contributed by atoms with Crippen molar-refractivity contribution >= 4 is 49.2 Å². The minimum atomic E-state index is -3.84. The number of hydrogen-bond acceptors (Lipinski definition) is 7. The number of fused-ring (bicyclic) bond motifs is 1. The van der Waals surface area contributed by atoms with Crippen LogP contribution in [-0.2, 0) is 14.8 Å². The van der Waals surface area contributed by atoms with Crippen LogP contribution in [0, 0.1) is 0 Å². The van der Waals surface area contributed by atoms with Crippen molar-refractivity contribution in [1.82, 2.24) is 14.8 Å². The molecule has 29 heavy (non-hydrogen) atoms. The summed E-state index contributed by atoms with van der Waals surface area (Å²) < 4.78 is 29.3. The smallest absolute Gasteiger partial charge is 0.261 e. The lowest BCUT2D eigenvalue weighted by atomic mass is 10.0. The van der Waals surface area contributed by atoms with E-state index in [0.717, 1.165) is 33.2 Å². The highest BCUT2D eigenvalue weighted by atomic mass is 32.2. The quantitative estimate of drug-likeness (QED) is 0.255. The van der Waals surface area contributed by atoms with Crippen LogP contribution in [0.15, 0.2) is 27.4 Å². The molecule has 7 nitrogen and oxygen atoms in total. The Balaban J connectivity index is 1.78. The molecule has 1 fully saturated rings. The molecule has 2 heterocycles. The third-order valence-corrected chi connectivity index (χ3v) is 9.19. The van der Waals surface area contributed by atoms with Gasteiger partial charge < -0.3 is 0 Å². The SMILES string of the molecule is CCCCCCSc1nc2ccc(S(=O)(=O)N3CCCCC3C(=O)NO)cc2s1. The molecular formula is C19H27N3O4S3. The van der Waals surface area contributed by atoms with Crippen molar-refractivity contribution < 1.29 is 18.4 Å². The molecule has 1 amide bonds. The van der Waals surface area contributed by atoms with Gasteiger partial charge in [0.1, 0.15) is 6.04 Å². The zero-order valence-corrected chi connectivity index (χ0v) is 18.9. The fourth-order valence-electron chi connectivity index (χ4n) is 3.46. The molecule has 1 unspecified atom stereocenters. The number of thiazole rings is 1. The first-order valence-corrected chi connectivity index (χ1v) is 13.2. The van der Waals surface area contributed by atoms with E-state index in [9.17, 15) is 13.2 Å². The van der Waals surface area contributed by atoms with Crippen LogP contribution in [0.3, 0.4) is 0 Å². The van der Waals surface area contributed by atoms with Gasteiger partial charge >= 0.3 is 0 Å². The molecule has 2 N–H and O–H groups in total. The number of carbonyl (C=O) groups excluding carboxylic acids is 1. The summed E-state index contributed by atoms with van der Waals surface area (Å²) in [5, 5.41) is 8.97. The molecular weight excluding hydrogens is 430 g/mol. The topological polar surface area (TPSA) is 99.6 Å². The average molecular weight is 458 g/mol. The number of sulfonamides is 1. The zero-order valence-electron chi connectivity index (χ0n) is 16.5. The molecule has 1 aromatic heterocycles. The second kappa shape index (κ2) is 10.2. The van der Waals surface area contributed by atoms with Gasteiger partial charge in [0.25, 0.3) is 5.91 Å². The molecule has 1 aromatic carbocycles. The number of hydrogen-bond donors (Lipinski definition) is 2. The first kappa shape index (κ1) is 22.5. The maximum atomic E-state index is 13.2. The number of piperidine rings is 1. The molecule has 1 aliphatic heterocycles. The zero-order chi connectivity index (χ0) is 20.9. The monoisotopic (exact) mass is 457 g/mol. The fraction of sp³-hybridized carbons (Fsp3) is 0.579. The highest BCUT2D eigenvalue weighted by Crippen LogP contribution is 2.33. The maximum absolute atomic E-state index is 13.2. The van der Waals surface area contributed by atoms with E-state index < -0.39 is 22.0 Å². The van der Waals surface area contributed by atoms with Crippen molar-refractivity contribution in [2.24, 2.45) is 0 Å². The van der Waals surface area contributed by atoms with Gasteiger partial charge in [0.2, 0.25) is 10.0 Å². The Labute approximate surface area is 179 Å². The highest BCUT2D eigenvalue weighted by Gasteiger charge is 2.37. The summed E-state index contributed by atoms with van der Waals surface area (Å²) in [6, 6.07) is 4.04. The first-order valence-electron chi connectivity index (χ1n) is 9.96. The Morgan fingerprint density at radius 2 is 2.17 bits per heavy atom. The summed E-state index contributed by atoms with van der Waals surface area (Å²) in [7, 11) is -3.84. The van der Waals surface area contributed by atoms with Gasteiger partial charge in [0.05, 0.1) is 15.1 Å². The number of nitrogens with one attached hydrogen (secondary N) is 1. The van der Waals surface area contributed by atoms with E-state index in [0.29, 0.717) is 12.8 Å². The molecule has 0 bridgehead atoms. The largest absolute Gasteiger partial charge is 0.289 e. The standard InChI is InChI=1S/C19H27N3O4S3/c1-2-3-4-7-12-27-19-20-15-10-9-14(13-17(15)28-19)29(25,26)22-11-6-5-8-16(22)18(23)21-24/h9-10,13,16,24H,2-8,11-12H2,1H3,(H,21,23). The number of rotatable bonds is 9. The Hall–Kier alpha value is -1.20. The lowest BCUT2D eigenvalue weighted by Gasteiger charge is -2.33. The van der Waals surface area contributed by atoms with Crippen LogP contribution in [0.4, 0.5) is 0 Å². The number of unbranched alkanes of at least 4 members (excludes halogenated alkanes) is 3. The van der Waals surface area contributed by atoms with E-state index >= 15 is 0 Å². The van der Waals surface area contributed by atoms with E-state index in [1.165, 1.54) is 34.9 Å². The van der Waals surface area contributed by atoms with Crippen molar-refractivity contribution in [3.8, 4) is 0 Å². The summed E-state index contributed by atoms with van der Waals surface area (Å²) in [5.74, 6) is 0.324. The number of hydroxylamine groups is 1. The van der Waals surface area contributed by atoms with Crippen LogP contribution in [0.2, 0.25) is 0 Å². The molecule has 160 valence electrons. The molecule has 3 rings (SSSR count). The first-order chi connectivity index (χ1) is 14.0. The van der Waals surface area contributed by atoms with Crippen molar-refractivity contribution in [2.45, 2.75) is 67.1 Å². The van der Waals surface area contributed by atoms with Crippen molar-refractivity contribution in [3.63, 3.8) is 0 Å². The summed E-state index contributed by atoms with van der Waals surface area (Å²) >= 11 is 3.21. The van der Waals surface area contributed by atoms with Gasteiger partial charge in [0, 0.05) is 12.3 Å². The Morgan fingerprint density at radius 3 is 2.93 bits per heavy atom. The molecule has 0 aliphatic carbocycles. The lowest BCUT2D eigenvalue weighted by Crippen LogP contribution is -2.51. The normalized spacial score (nSPS) is 18.2. The van der Waals surface area contributed by atoms with Crippen LogP contribution in [0.5, 0.6) is 0 Å². The maximum Gasteiger partial charge on any atom is 0.261 e. The summed E-state index contributed by atoms with van der Waals surface area (Å²) in [6.07, 6.45) is 6.65. The summed E-state index contributed by atoms with van der Waals surface area (Å²) in [4.78, 5) is 16.7. The Bertz CT molecular complexity index is 945. The lowest BCUT2D eigenvalue weighted by molar-refractivity contribution is -0.134. The van der Waals surface area contributed by atoms with Gasteiger partial charge in [-0.25, -0.2) is 18.9 Å². The second-order valence-corrected chi connectivity index (χ2v) is 11.4. The van der Waals surface area contributed by atoms with Crippen molar-refractivity contribution in [3.05, 3.63) is 18.2 Å². The van der Waals surface area contributed by atoms with Crippen LogP contribution >= 0.6 is 23.1 Å². The third-order valence-electron chi connectivity index (χ3n) is 5.04. The summed E-state index contributed by atoms with van der Waals surface area (Å²) in [5.41, 5.74) is 2.38. The van der Waals surface area contributed by atoms with E-state index in [-0.39, 0.29) is 11.4 Å². The number of aromatic nitrogens is 1. The molecule has 0 saturated carbocycles. The molecule has 1 saturated heterocycles. The molecule has 1 atom stereocenters. The fourth-order valence-corrected chi connectivity index (χ4v) is 7.39. The minimum absolute atomic E-state index is 0.158. The van der Waals surface area contributed by atoms with Crippen LogP contribution in [0.25, 0.3) is 10.2 Å². The van der Waals surface area contributed by atoms with Gasteiger partial charge in [-0.3, -0.25) is 10.0 Å². The predicted molar refractivity (Wildman–Crippen MR) is 116 cm³/mol. The average Bonchev–Trinajstić information content (AvgIpc) is 3.15. The molecule has 10 heteroatoms. The van der Waals surface area contributed by atoms with E-state index in [4.69, 9.17) is 5.21 Å². The van der Waals surface area contributed by atoms with E-state index in [1.54, 1.807) is 35.4 Å². The van der Waals surface area contributed by atoms with Gasteiger partial charge in [-0.15, -0.1) is 11.3 Å². The Morgan fingerprint density at radius 1 is 1.34 bits per heavy atom. The van der Waals surface area contributed by atoms with Crippen LogP contribution < -0.4 is 5.48 Å². The van der Waals surface area contributed by atoms with Crippen LogP contribution in [-0.4, -0.2) is 47.2 Å². The predicted octanol–water partition coefficient (Wildman–Crippen LogP) is 4.02. The number of carbonyl (C=O) groups is 1. The minimum Gasteiger partial charge on any atom is -0.289 e. The number of nitrogens with zero attached hydrogens (tertiary/aromatic N) is 2. The second-order valence-electron chi connectivity index (χ2n) is 7.12. The third kappa shape index (κ3) is 5.29. The van der Waals surface area contributed by atoms with E-state index in [2.05, 4.69) is 11.9 Å². The van der Waals surface area contributed by atoms with Gasteiger partial charge in [-0.2, -0.15) is 4.31 Å². The Kier molecular flexibility index (Phi) is 7.92. The van der Waals surface area contributed by atoms with Gasteiger partial charge in [-0.1, -0.05) is 44.4 Å². The highest BCUT2D eigenvalue weighted by molar-refractivity contribution is 8.01.